The van der Waals surface area contributed by atoms with Gasteiger partial charge in [0.05, 0.1) is 16.3 Å². The molecule has 140 valence electrons. The summed E-state index contributed by atoms with van der Waals surface area (Å²) in [5, 5.41) is 15.2. The van der Waals surface area contributed by atoms with Crippen molar-refractivity contribution in [2.75, 3.05) is 6.54 Å². The average molecular weight is 383 g/mol. The van der Waals surface area contributed by atoms with Crippen molar-refractivity contribution in [2.24, 2.45) is 0 Å². The van der Waals surface area contributed by atoms with Crippen LogP contribution in [0, 0.1) is 0 Å². The number of urea groups is 1. The molecule has 3 N–H and O–H groups in total. The van der Waals surface area contributed by atoms with Gasteiger partial charge in [0.15, 0.2) is 0 Å². The summed E-state index contributed by atoms with van der Waals surface area (Å²) in [5.41, 5.74) is 2.02. The van der Waals surface area contributed by atoms with Crippen molar-refractivity contribution in [3.63, 3.8) is 0 Å². The Balaban J connectivity index is 1.71. The number of para-hydroxylation sites is 1. The standard InChI is InChI=1S/C20H21N3O3S/c24-18(25)11-6-12-21-20(26)23-16(13-14-7-2-1-3-8-14)19-22-15-9-4-5-10-17(15)27-19/h1-5,7-10,16H,6,11-13H2,(H,24,25)(H2,21,23,26). The van der Waals surface area contributed by atoms with E-state index in [2.05, 4.69) is 15.6 Å². The molecule has 2 aromatic carbocycles. The Bertz CT molecular complexity index is 878. The molecule has 1 heterocycles. The Morgan fingerprint density at radius 2 is 1.81 bits per heavy atom. The molecule has 27 heavy (non-hydrogen) atoms. The van der Waals surface area contributed by atoms with Crippen LogP contribution in [-0.4, -0.2) is 28.6 Å². The number of carboxylic acids is 1. The van der Waals surface area contributed by atoms with E-state index in [0.717, 1.165) is 20.8 Å². The largest absolute Gasteiger partial charge is 0.481 e. The zero-order valence-electron chi connectivity index (χ0n) is 14.7. The van der Waals surface area contributed by atoms with Gasteiger partial charge < -0.3 is 15.7 Å². The number of hydrogen-bond donors (Lipinski definition) is 3. The lowest BCUT2D eigenvalue weighted by Crippen LogP contribution is -2.39. The number of aromatic nitrogens is 1. The summed E-state index contributed by atoms with van der Waals surface area (Å²) in [6.45, 7) is 0.316. The van der Waals surface area contributed by atoms with Crippen molar-refractivity contribution < 1.29 is 14.7 Å². The lowest BCUT2D eigenvalue weighted by molar-refractivity contribution is -0.137. The molecule has 6 nitrogen and oxygen atoms in total. The molecule has 0 aliphatic heterocycles. The molecule has 0 bridgehead atoms. The topological polar surface area (TPSA) is 91.3 Å². The summed E-state index contributed by atoms with van der Waals surface area (Å²) < 4.78 is 1.08. The van der Waals surface area contributed by atoms with E-state index in [4.69, 9.17) is 5.11 Å². The van der Waals surface area contributed by atoms with E-state index in [1.165, 1.54) is 0 Å². The molecule has 0 aliphatic carbocycles. The van der Waals surface area contributed by atoms with Crippen LogP contribution in [-0.2, 0) is 11.2 Å². The highest BCUT2D eigenvalue weighted by Crippen LogP contribution is 2.28. The van der Waals surface area contributed by atoms with Gasteiger partial charge in [0.2, 0.25) is 0 Å². The Morgan fingerprint density at radius 3 is 2.56 bits per heavy atom. The third kappa shape index (κ3) is 5.52. The smallest absolute Gasteiger partial charge is 0.315 e. The van der Waals surface area contributed by atoms with Gasteiger partial charge in [-0.25, -0.2) is 9.78 Å². The number of carbonyl (C=O) groups is 2. The second-order valence-electron chi connectivity index (χ2n) is 6.16. The van der Waals surface area contributed by atoms with Crippen LogP contribution in [0.15, 0.2) is 54.6 Å². The van der Waals surface area contributed by atoms with Crippen molar-refractivity contribution in [1.29, 1.82) is 0 Å². The molecule has 1 atom stereocenters. The van der Waals surface area contributed by atoms with Crippen molar-refractivity contribution in [3.05, 3.63) is 65.2 Å². The van der Waals surface area contributed by atoms with Crippen LogP contribution in [0.5, 0.6) is 0 Å². The highest BCUT2D eigenvalue weighted by atomic mass is 32.1. The number of amides is 2. The first-order valence-corrected chi connectivity index (χ1v) is 9.59. The number of carbonyl (C=O) groups excluding carboxylic acids is 1. The van der Waals surface area contributed by atoms with Gasteiger partial charge in [-0.05, 0) is 30.5 Å². The molecule has 0 aliphatic rings. The second-order valence-corrected chi connectivity index (χ2v) is 7.22. The number of nitrogens with zero attached hydrogens (tertiary/aromatic N) is 1. The minimum atomic E-state index is -0.867. The summed E-state index contributed by atoms with van der Waals surface area (Å²) in [6.07, 6.45) is 1.06. The predicted octanol–water partition coefficient (Wildman–Crippen LogP) is 3.74. The van der Waals surface area contributed by atoms with E-state index in [9.17, 15) is 9.59 Å². The van der Waals surface area contributed by atoms with E-state index >= 15 is 0 Å². The Morgan fingerprint density at radius 1 is 1.07 bits per heavy atom. The van der Waals surface area contributed by atoms with Crippen LogP contribution in [0.3, 0.4) is 0 Å². The Labute approximate surface area is 161 Å². The van der Waals surface area contributed by atoms with Gasteiger partial charge in [-0.15, -0.1) is 11.3 Å². The lowest BCUT2D eigenvalue weighted by atomic mass is 10.1. The molecular weight excluding hydrogens is 362 g/mol. The maximum atomic E-state index is 12.3. The summed E-state index contributed by atoms with van der Waals surface area (Å²) in [6, 6.07) is 17.2. The van der Waals surface area contributed by atoms with Gasteiger partial charge in [0, 0.05) is 13.0 Å². The predicted molar refractivity (Wildman–Crippen MR) is 106 cm³/mol. The number of aliphatic carboxylic acids is 1. The number of fused-ring (bicyclic) bond motifs is 1. The van der Waals surface area contributed by atoms with Crippen LogP contribution in [0.2, 0.25) is 0 Å². The summed E-state index contributed by atoms with van der Waals surface area (Å²) in [4.78, 5) is 27.5. The fraction of sp³-hybridized carbons (Fsp3) is 0.250. The van der Waals surface area contributed by atoms with E-state index in [0.29, 0.717) is 19.4 Å². The quantitative estimate of drug-likeness (QED) is 0.517. The van der Waals surface area contributed by atoms with Gasteiger partial charge in [-0.2, -0.15) is 0 Å². The van der Waals surface area contributed by atoms with E-state index in [1.54, 1.807) is 11.3 Å². The van der Waals surface area contributed by atoms with Crippen LogP contribution < -0.4 is 10.6 Å². The third-order valence-electron chi connectivity index (χ3n) is 4.05. The van der Waals surface area contributed by atoms with Crippen LogP contribution in [0.4, 0.5) is 4.79 Å². The highest BCUT2D eigenvalue weighted by Gasteiger charge is 2.19. The van der Waals surface area contributed by atoms with Gasteiger partial charge >= 0.3 is 12.0 Å². The van der Waals surface area contributed by atoms with Crippen molar-refractivity contribution in [1.82, 2.24) is 15.6 Å². The minimum absolute atomic E-state index is 0.0333. The average Bonchev–Trinajstić information content (AvgIpc) is 3.10. The first kappa shape index (κ1) is 18.8. The van der Waals surface area contributed by atoms with Gasteiger partial charge in [-0.3, -0.25) is 4.79 Å². The zero-order valence-corrected chi connectivity index (χ0v) is 15.5. The Kier molecular flexibility index (Phi) is 6.38. The number of rotatable bonds is 8. The minimum Gasteiger partial charge on any atom is -0.481 e. The molecule has 0 saturated carbocycles. The molecule has 3 rings (SSSR count). The number of carboxylic acid groups (broad SMARTS) is 1. The third-order valence-corrected chi connectivity index (χ3v) is 5.20. The second kappa shape index (κ2) is 9.14. The Hall–Kier alpha value is -2.93. The molecule has 2 amide bonds. The summed E-state index contributed by atoms with van der Waals surface area (Å²) >= 11 is 1.57. The fourth-order valence-corrected chi connectivity index (χ4v) is 3.76. The maximum absolute atomic E-state index is 12.3. The van der Waals surface area contributed by atoms with Crippen LogP contribution in [0.1, 0.15) is 29.5 Å². The number of hydrogen-bond acceptors (Lipinski definition) is 4. The number of nitrogens with one attached hydrogen (secondary N) is 2. The van der Waals surface area contributed by atoms with E-state index < -0.39 is 5.97 Å². The highest BCUT2D eigenvalue weighted by molar-refractivity contribution is 7.18. The van der Waals surface area contributed by atoms with E-state index in [-0.39, 0.29) is 18.5 Å². The molecule has 1 unspecified atom stereocenters. The first-order valence-electron chi connectivity index (χ1n) is 8.77. The number of benzene rings is 2. The zero-order chi connectivity index (χ0) is 19.1. The monoisotopic (exact) mass is 383 g/mol. The summed E-state index contributed by atoms with van der Waals surface area (Å²) in [7, 11) is 0. The molecule has 3 aromatic rings. The SMILES string of the molecule is O=C(O)CCCNC(=O)NC(Cc1ccccc1)c1nc2ccccc2s1. The summed E-state index contributed by atoms with van der Waals surface area (Å²) in [5.74, 6) is -0.867. The lowest BCUT2D eigenvalue weighted by Gasteiger charge is -2.17. The van der Waals surface area contributed by atoms with Crippen LogP contribution in [0.25, 0.3) is 10.2 Å². The van der Waals surface area contributed by atoms with Crippen molar-refractivity contribution >= 4 is 33.6 Å². The molecule has 0 saturated heterocycles. The first-order chi connectivity index (χ1) is 13.1. The van der Waals surface area contributed by atoms with E-state index in [1.807, 2.05) is 54.6 Å². The van der Waals surface area contributed by atoms with Gasteiger partial charge in [0.25, 0.3) is 0 Å². The molecule has 1 aromatic heterocycles. The maximum Gasteiger partial charge on any atom is 0.315 e. The molecule has 0 fully saturated rings. The van der Waals surface area contributed by atoms with Crippen molar-refractivity contribution in [2.45, 2.75) is 25.3 Å². The van der Waals surface area contributed by atoms with Gasteiger partial charge in [0.1, 0.15) is 5.01 Å². The van der Waals surface area contributed by atoms with Crippen molar-refractivity contribution in [3.8, 4) is 0 Å². The fourth-order valence-electron chi connectivity index (χ4n) is 2.74. The molecule has 7 heteroatoms. The number of thiazole rings is 1. The van der Waals surface area contributed by atoms with Gasteiger partial charge in [-0.1, -0.05) is 42.5 Å². The molecule has 0 spiro atoms. The normalized spacial score (nSPS) is 11.9. The molecule has 0 radical (unpaired) electrons. The molecular formula is C20H21N3O3S. The van der Waals surface area contributed by atoms with Crippen LogP contribution >= 0.6 is 11.3 Å².